The molecule has 2 saturated heterocycles. The molecule has 3 aromatic carbocycles. The van der Waals surface area contributed by atoms with Crippen molar-refractivity contribution in [3.8, 4) is 11.1 Å². The van der Waals surface area contributed by atoms with Gasteiger partial charge in [0.05, 0.1) is 23.2 Å². The second-order valence-corrected chi connectivity index (χ2v) is 17.2. The fourth-order valence-electron chi connectivity index (χ4n) is 9.07. The maximum Gasteiger partial charge on any atom is 0.251 e. The zero-order chi connectivity index (χ0) is 42.8. The van der Waals surface area contributed by atoms with E-state index < -0.39 is 5.54 Å². The number of nitrogens with two attached hydrogens (primary N) is 1. The summed E-state index contributed by atoms with van der Waals surface area (Å²) in [6.07, 6.45) is 4.93. The van der Waals surface area contributed by atoms with Gasteiger partial charge in [-0.15, -0.1) is 0 Å². The SMILES string of the molecule is CCc1nc2c(cnn2CC)c(NC2CCOCC2)c1CNC(=O)c1cccc(C(=O)NCc2ccc(F)c(-c3cccc(CN4C(C)(C)CC(C(N)=O)C4(C)C)c3)c2)c1. The second kappa shape index (κ2) is 17.5. The van der Waals surface area contributed by atoms with Gasteiger partial charge in [-0.3, -0.25) is 19.3 Å². The van der Waals surface area contributed by atoms with E-state index in [2.05, 4.69) is 60.6 Å². The number of nitrogens with zero attached hydrogens (tertiary/aromatic N) is 4. The Morgan fingerprint density at radius 1 is 0.900 bits per heavy atom. The number of aromatic nitrogens is 3. The lowest BCUT2D eigenvalue weighted by Crippen LogP contribution is -2.50. The highest BCUT2D eigenvalue weighted by Crippen LogP contribution is 2.46. The van der Waals surface area contributed by atoms with Crippen molar-refractivity contribution in [3.63, 3.8) is 0 Å². The molecule has 60 heavy (non-hydrogen) atoms. The van der Waals surface area contributed by atoms with Crippen LogP contribution in [-0.4, -0.2) is 67.7 Å². The number of aryl methyl sites for hydroxylation is 2. The Labute approximate surface area is 351 Å². The van der Waals surface area contributed by atoms with E-state index in [4.69, 9.17) is 15.5 Å². The van der Waals surface area contributed by atoms with Crippen LogP contribution in [0.1, 0.15) is 104 Å². The smallest absolute Gasteiger partial charge is 0.251 e. The van der Waals surface area contributed by atoms with E-state index >= 15 is 4.39 Å². The predicted octanol–water partition coefficient (Wildman–Crippen LogP) is 7.14. The second-order valence-electron chi connectivity index (χ2n) is 17.2. The normalized spacial score (nSPS) is 17.8. The average Bonchev–Trinajstić information content (AvgIpc) is 3.74. The standard InChI is InChI=1S/C47H57FN8O4/c1-7-40-36(41(53-34-17-19-60-20-18-34)37-27-52-55(8-2)43(37)54-40)26-51-45(59)33-14-10-13-32(23-33)44(58)50-25-29-15-16-39(48)35(22-29)31-12-9-11-30(21-31)28-56-46(3,4)24-38(42(49)57)47(56,5)6/h9-16,21-23,27,34,38H,7-8,17-20,24-26,28H2,1-6H3,(H2,49,57)(H,50,58)(H,51,59)(H,53,54). The third kappa shape index (κ3) is 8.78. The Kier molecular flexibility index (Phi) is 12.4. The van der Waals surface area contributed by atoms with Crippen molar-refractivity contribution in [2.24, 2.45) is 11.7 Å². The summed E-state index contributed by atoms with van der Waals surface area (Å²) < 4.78 is 22.9. The van der Waals surface area contributed by atoms with Crippen LogP contribution in [0, 0.1) is 11.7 Å². The topological polar surface area (TPSA) is 156 Å². The van der Waals surface area contributed by atoms with Crippen LogP contribution in [0.2, 0.25) is 0 Å². The number of halogens is 1. The molecule has 0 spiro atoms. The van der Waals surface area contributed by atoms with Crippen molar-refractivity contribution in [2.45, 2.75) is 111 Å². The zero-order valence-corrected chi connectivity index (χ0v) is 35.5. The molecule has 2 aromatic heterocycles. The molecule has 1 atom stereocenters. The van der Waals surface area contributed by atoms with Crippen LogP contribution in [0.5, 0.6) is 0 Å². The van der Waals surface area contributed by atoms with Crippen molar-refractivity contribution in [1.82, 2.24) is 30.3 Å². The summed E-state index contributed by atoms with van der Waals surface area (Å²) >= 11 is 0. The highest BCUT2D eigenvalue weighted by Gasteiger charge is 2.53. The van der Waals surface area contributed by atoms with Crippen molar-refractivity contribution in [1.29, 1.82) is 0 Å². The Morgan fingerprint density at radius 2 is 1.60 bits per heavy atom. The van der Waals surface area contributed by atoms with Crippen molar-refractivity contribution in [3.05, 3.63) is 112 Å². The van der Waals surface area contributed by atoms with E-state index in [1.54, 1.807) is 36.4 Å². The molecular formula is C47H57FN8O4. The molecule has 0 radical (unpaired) electrons. The molecule has 0 aliphatic carbocycles. The lowest BCUT2D eigenvalue weighted by atomic mass is 9.86. The number of hydrogen-bond acceptors (Lipinski definition) is 8. The summed E-state index contributed by atoms with van der Waals surface area (Å²) in [5.74, 6) is -1.63. The van der Waals surface area contributed by atoms with E-state index in [0.29, 0.717) is 61.4 Å². The third-order valence-corrected chi connectivity index (χ3v) is 12.4. The molecule has 0 saturated carbocycles. The van der Waals surface area contributed by atoms with E-state index in [0.717, 1.165) is 51.9 Å². The van der Waals surface area contributed by atoms with Crippen LogP contribution in [0.4, 0.5) is 10.1 Å². The highest BCUT2D eigenvalue weighted by molar-refractivity contribution is 6.00. The number of benzene rings is 3. The first-order chi connectivity index (χ1) is 28.7. The van der Waals surface area contributed by atoms with Crippen LogP contribution in [-0.2, 0) is 42.1 Å². The summed E-state index contributed by atoms with van der Waals surface area (Å²) in [4.78, 5) is 46.7. The number of amides is 3. The van der Waals surface area contributed by atoms with Gasteiger partial charge in [-0.2, -0.15) is 5.10 Å². The highest BCUT2D eigenvalue weighted by atomic mass is 19.1. The fourth-order valence-corrected chi connectivity index (χ4v) is 9.07. The van der Waals surface area contributed by atoms with Crippen molar-refractivity contribution >= 4 is 34.4 Å². The fraction of sp³-hybridized carbons (Fsp3) is 0.426. The minimum atomic E-state index is -0.448. The number of rotatable bonds is 14. The lowest BCUT2D eigenvalue weighted by molar-refractivity contribution is -0.124. The quantitative estimate of drug-likeness (QED) is 0.0923. The summed E-state index contributed by atoms with van der Waals surface area (Å²) in [6.45, 7) is 15.5. The van der Waals surface area contributed by atoms with Crippen molar-refractivity contribution in [2.75, 3.05) is 18.5 Å². The first kappa shape index (κ1) is 42.5. The number of nitrogens with one attached hydrogen (secondary N) is 3. The minimum Gasteiger partial charge on any atom is -0.381 e. The number of primary amides is 1. The molecule has 2 fully saturated rings. The molecule has 316 valence electrons. The van der Waals surface area contributed by atoms with Gasteiger partial charge in [0.25, 0.3) is 11.8 Å². The molecule has 5 N–H and O–H groups in total. The number of carbonyl (C=O) groups excluding carboxylic acids is 3. The number of hydrogen-bond donors (Lipinski definition) is 4. The Morgan fingerprint density at radius 3 is 2.27 bits per heavy atom. The molecule has 2 aliphatic rings. The lowest BCUT2D eigenvalue weighted by Gasteiger charge is -2.41. The van der Waals surface area contributed by atoms with Gasteiger partial charge in [0.15, 0.2) is 5.65 Å². The monoisotopic (exact) mass is 816 g/mol. The molecule has 7 rings (SSSR count). The molecule has 13 heteroatoms. The summed E-state index contributed by atoms with van der Waals surface area (Å²) in [5, 5.41) is 15.3. The van der Waals surface area contributed by atoms with E-state index in [9.17, 15) is 14.4 Å². The number of anilines is 1. The van der Waals surface area contributed by atoms with Crippen LogP contribution < -0.4 is 21.7 Å². The van der Waals surface area contributed by atoms with E-state index in [1.807, 2.05) is 42.1 Å². The van der Waals surface area contributed by atoms with Gasteiger partial charge in [-0.1, -0.05) is 37.3 Å². The summed E-state index contributed by atoms with van der Waals surface area (Å²) in [6, 6.07) is 19.4. The summed E-state index contributed by atoms with van der Waals surface area (Å²) in [5.41, 5.74) is 12.1. The van der Waals surface area contributed by atoms with E-state index in [1.165, 1.54) is 6.07 Å². The molecule has 3 amide bonds. The maximum atomic E-state index is 15.4. The Balaban J connectivity index is 1.03. The number of fused-ring (bicyclic) bond motifs is 1. The third-order valence-electron chi connectivity index (χ3n) is 12.4. The van der Waals surface area contributed by atoms with E-state index in [-0.39, 0.29) is 54.1 Å². The minimum absolute atomic E-state index is 0.152. The van der Waals surface area contributed by atoms with Crippen LogP contribution >= 0.6 is 0 Å². The van der Waals surface area contributed by atoms with Crippen LogP contribution in [0.25, 0.3) is 22.2 Å². The predicted molar refractivity (Wildman–Crippen MR) is 232 cm³/mol. The first-order valence-corrected chi connectivity index (χ1v) is 21.0. The largest absolute Gasteiger partial charge is 0.381 e. The van der Waals surface area contributed by atoms with Gasteiger partial charge in [-0.25, -0.2) is 14.1 Å². The average molecular weight is 817 g/mol. The summed E-state index contributed by atoms with van der Waals surface area (Å²) in [7, 11) is 0. The van der Waals surface area contributed by atoms with Gasteiger partial charge >= 0.3 is 0 Å². The van der Waals surface area contributed by atoms with Gasteiger partial charge in [0, 0.05) is 84.5 Å². The molecule has 2 aliphatic heterocycles. The van der Waals surface area contributed by atoms with Crippen LogP contribution in [0.15, 0.2) is 72.9 Å². The zero-order valence-electron chi connectivity index (χ0n) is 35.5. The number of carbonyl (C=O) groups is 3. The Bertz CT molecular complexity index is 2400. The first-order valence-electron chi connectivity index (χ1n) is 21.0. The van der Waals surface area contributed by atoms with Gasteiger partial charge < -0.3 is 26.4 Å². The maximum absolute atomic E-state index is 15.4. The number of ether oxygens (including phenoxy) is 1. The Hall–Kier alpha value is -5.66. The molecule has 12 nitrogen and oxygen atoms in total. The van der Waals surface area contributed by atoms with Crippen molar-refractivity contribution < 1.29 is 23.5 Å². The van der Waals surface area contributed by atoms with Gasteiger partial charge in [0.2, 0.25) is 5.91 Å². The van der Waals surface area contributed by atoms with Crippen LogP contribution in [0.3, 0.4) is 0 Å². The molecule has 1 unspecified atom stereocenters. The van der Waals surface area contributed by atoms with Gasteiger partial charge in [0.1, 0.15) is 5.82 Å². The number of likely N-dealkylation sites (tertiary alicyclic amines) is 1. The molecule has 5 aromatic rings. The molecule has 4 heterocycles. The molecular weight excluding hydrogens is 760 g/mol. The number of pyridine rings is 1. The molecule has 0 bridgehead atoms. The van der Waals surface area contributed by atoms with Gasteiger partial charge in [-0.05, 0) is 113 Å².